The van der Waals surface area contributed by atoms with Crippen LogP contribution in [0, 0.1) is 0 Å². The SMILES string of the molecule is COC(=O)N1CCC(c2ccc(Nc3nccc(-c4ccc5nc(N6CC7C[C@H]6CO7)ncc5c4)n3)cn2)CC1. The van der Waals surface area contributed by atoms with Gasteiger partial charge in [-0.2, -0.15) is 0 Å². The van der Waals surface area contributed by atoms with Crippen molar-refractivity contribution in [3.63, 3.8) is 0 Å². The Morgan fingerprint density at radius 3 is 2.70 bits per heavy atom. The molecule has 11 heteroatoms. The van der Waals surface area contributed by atoms with Crippen molar-refractivity contribution in [2.24, 2.45) is 0 Å². The smallest absolute Gasteiger partial charge is 0.409 e. The molecule has 1 aromatic carbocycles. The zero-order chi connectivity index (χ0) is 27.1. The molecule has 4 aromatic rings. The number of fused-ring (bicyclic) bond motifs is 3. The lowest BCUT2D eigenvalue weighted by atomic mass is 9.93. The normalized spacial score (nSPS) is 20.7. The molecule has 2 atom stereocenters. The summed E-state index contributed by atoms with van der Waals surface area (Å²) in [6, 6.07) is 12.4. The van der Waals surface area contributed by atoms with Gasteiger partial charge in [-0.05, 0) is 49.6 Å². The van der Waals surface area contributed by atoms with Crippen LogP contribution in [0.4, 0.5) is 22.4 Å². The van der Waals surface area contributed by atoms with E-state index in [4.69, 9.17) is 19.4 Å². The number of nitrogens with one attached hydrogen (secondary N) is 1. The summed E-state index contributed by atoms with van der Waals surface area (Å²) in [5.41, 5.74) is 4.52. The molecule has 7 rings (SSSR count). The summed E-state index contributed by atoms with van der Waals surface area (Å²) in [6.45, 7) is 2.97. The van der Waals surface area contributed by atoms with Gasteiger partial charge in [-0.1, -0.05) is 6.07 Å². The quantitative estimate of drug-likeness (QED) is 0.397. The molecule has 2 bridgehead atoms. The van der Waals surface area contributed by atoms with E-state index in [1.165, 1.54) is 7.11 Å². The number of pyridine rings is 1. The topological polar surface area (TPSA) is 118 Å². The van der Waals surface area contributed by atoms with Gasteiger partial charge in [0.25, 0.3) is 0 Å². The maximum absolute atomic E-state index is 11.7. The second-order valence-corrected chi connectivity index (χ2v) is 10.5. The fourth-order valence-electron chi connectivity index (χ4n) is 5.88. The second-order valence-electron chi connectivity index (χ2n) is 10.5. The van der Waals surface area contributed by atoms with E-state index in [1.807, 2.05) is 36.5 Å². The lowest BCUT2D eigenvalue weighted by Crippen LogP contribution is -2.38. The molecule has 3 aliphatic rings. The molecule has 6 heterocycles. The number of ether oxygens (including phenoxy) is 2. The van der Waals surface area contributed by atoms with Crippen LogP contribution >= 0.6 is 0 Å². The molecule has 1 unspecified atom stereocenters. The van der Waals surface area contributed by atoms with E-state index in [9.17, 15) is 4.79 Å². The molecule has 3 saturated heterocycles. The maximum atomic E-state index is 11.7. The highest BCUT2D eigenvalue weighted by molar-refractivity contribution is 5.84. The molecule has 3 aliphatic heterocycles. The predicted octanol–water partition coefficient (Wildman–Crippen LogP) is 4.15. The van der Waals surface area contributed by atoms with Gasteiger partial charge >= 0.3 is 6.09 Å². The van der Waals surface area contributed by atoms with Crippen LogP contribution in [-0.4, -0.2) is 81.4 Å². The van der Waals surface area contributed by atoms with Crippen molar-refractivity contribution in [3.8, 4) is 11.3 Å². The summed E-state index contributed by atoms with van der Waals surface area (Å²) >= 11 is 0. The van der Waals surface area contributed by atoms with Gasteiger partial charge in [0.1, 0.15) is 0 Å². The third kappa shape index (κ3) is 4.77. The number of rotatable bonds is 5. The molecule has 11 nitrogen and oxygen atoms in total. The first-order valence-corrected chi connectivity index (χ1v) is 13.7. The number of carbonyl (C=O) groups excluding carboxylic acids is 1. The largest absolute Gasteiger partial charge is 0.453 e. The summed E-state index contributed by atoms with van der Waals surface area (Å²) in [5.74, 6) is 1.59. The van der Waals surface area contributed by atoms with Gasteiger partial charge in [0, 0.05) is 54.6 Å². The Morgan fingerprint density at radius 1 is 1.05 bits per heavy atom. The van der Waals surface area contributed by atoms with Crippen LogP contribution in [0.25, 0.3) is 22.2 Å². The standard InChI is InChI=1S/C29H30N8O3/c1-39-29(38)36-10-7-18(8-11-36)24-5-3-21(15-31-24)33-27-30-9-6-26(34-27)19-2-4-25-20(12-19)14-32-28(35-25)37-16-23-13-22(37)17-40-23/h2-6,9,12,14-15,18,22-23H,7-8,10-11,13,16-17H2,1H3,(H,30,33,34)/t22-,23?/m0/s1. The zero-order valence-electron chi connectivity index (χ0n) is 22.2. The molecule has 204 valence electrons. The fourth-order valence-corrected chi connectivity index (χ4v) is 5.88. The highest BCUT2D eigenvalue weighted by Crippen LogP contribution is 2.32. The van der Waals surface area contributed by atoms with E-state index in [2.05, 4.69) is 31.2 Å². The van der Waals surface area contributed by atoms with Crippen LogP contribution in [0.1, 0.15) is 30.9 Å². The van der Waals surface area contributed by atoms with Crippen molar-refractivity contribution < 1.29 is 14.3 Å². The summed E-state index contributed by atoms with van der Waals surface area (Å²) in [7, 11) is 1.42. The van der Waals surface area contributed by atoms with Crippen molar-refractivity contribution in [2.45, 2.75) is 37.3 Å². The van der Waals surface area contributed by atoms with Gasteiger partial charge in [0.15, 0.2) is 0 Å². The average Bonchev–Trinajstić information content (AvgIpc) is 3.65. The third-order valence-electron chi connectivity index (χ3n) is 8.06. The average molecular weight is 539 g/mol. The van der Waals surface area contributed by atoms with Crippen molar-refractivity contribution in [2.75, 3.05) is 43.6 Å². The minimum atomic E-state index is -0.265. The minimum Gasteiger partial charge on any atom is -0.453 e. The van der Waals surface area contributed by atoms with Crippen LogP contribution in [0.3, 0.4) is 0 Å². The maximum Gasteiger partial charge on any atom is 0.409 e. The van der Waals surface area contributed by atoms with Gasteiger partial charge in [0.2, 0.25) is 11.9 Å². The molecule has 0 aliphatic carbocycles. The number of methoxy groups -OCH3 is 1. The Kier molecular flexibility index (Phi) is 6.35. The van der Waals surface area contributed by atoms with E-state index in [1.54, 1.807) is 17.3 Å². The van der Waals surface area contributed by atoms with Crippen molar-refractivity contribution in [1.29, 1.82) is 0 Å². The third-order valence-corrected chi connectivity index (χ3v) is 8.06. The van der Waals surface area contributed by atoms with Crippen molar-refractivity contribution in [3.05, 3.63) is 60.7 Å². The van der Waals surface area contributed by atoms with Gasteiger partial charge < -0.3 is 24.6 Å². The van der Waals surface area contributed by atoms with Gasteiger partial charge in [-0.3, -0.25) is 4.98 Å². The lowest BCUT2D eigenvalue weighted by molar-refractivity contribution is 0.0986. The number of anilines is 3. The molecule has 0 radical (unpaired) electrons. The number of likely N-dealkylation sites (tertiary alicyclic amines) is 1. The number of hydrogen-bond acceptors (Lipinski definition) is 10. The molecule has 1 N–H and O–H groups in total. The molecule has 3 fully saturated rings. The summed E-state index contributed by atoms with van der Waals surface area (Å²) in [4.78, 5) is 39.0. The van der Waals surface area contributed by atoms with Crippen LogP contribution < -0.4 is 10.2 Å². The Morgan fingerprint density at radius 2 is 1.95 bits per heavy atom. The Hall–Kier alpha value is -4.38. The molecule has 0 spiro atoms. The second kappa shape index (κ2) is 10.3. The van der Waals surface area contributed by atoms with Gasteiger partial charge in [-0.25, -0.2) is 24.7 Å². The highest BCUT2D eigenvalue weighted by Gasteiger charge is 2.40. The zero-order valence-corrected chi connectivity index (χ0v) is 22.2. The van der Waals surface area contributed by atoms with Crippen molar-refractivity contribution in [1.82, 2.24) is 29.8 Å². The molecular formula is C29H30N8O3. The Labute approximate surface area is 231 Å². The van der Waals surface area contributed by atoms with Crippen LogP contribution in [-0.2, 0) is 9.47 Å². The monoisotopic (exact) mass is 538 g/mol. The van der Waals surface area contributed by atoms with Crippen LogP contribution in [0.5, 0.6) is 0 Å². The first-order valence-electron chi connectivity index (χ1n) is 13.7. The lowest BCUT2D eigenvalue weighted by Gasteiger charge is -2.30. The molecule has 1 amide bonds. The number of piperidine rings is 1. The van der Waals surface area contributed by atoms with Gasteiger partial charge in [-0.15, -0.1) is 0 Å². The fraction of sp³-hybridized carbons (Fsp3) is 0.379. The summed E-state index contributed by atoms with van der Waals surface area (Å²) in [5, 5.41) is 4.23. The van der Waals surface area contributed by atoms with E-state index < -0.39 is 0 Å². The summed E-state index contributed by atoms with van der Waals surface area (Å²) in [6.07, 6.45) is 8.28. The summed E-state index contributed by atoms with van der Waals surface area (Å²) < 4.78 is 10.5. The number of hydrogen-bond donors (Lipinski definition) is 1. The number of nitrogens with zero attached hydrogens (tertiary/aromatic N) is 7. The Balaban J connectivity index is 1.03. The highest BCUT2D eigenvalue weighted by atomic mass is 16.5. The molecule has 0 saturated carbocycles. The van der Waals surface area contributed by atoms with Crippen LogP contribution in [0.15, 0.2) is 55.0 Å². The number of aromatic nitrogens is 5. The van der Waals surface area contributed by atoms with E-state index >= 15 is 0 Å². The Bertz CT molecular complexity index is 1540. The van der Waals surface area contributed by atoms with E-state index in [0.29, 0.717) is 37.1 Å². The van der Waals surface area contributed by atoms with Gasteiger partial charge in [0.05, 0.1) is 49.0 Å². The first kappa shape index (κ1) is 24.6. The molecule has 3 aromatic heterocycles. The minimum absolute atomic E-state index is 0.265. The van der Waals surface area contributed by atoms with E-state index in [0.717, 1.165) is 71.9 Å². The number of benzene rings is 1. The number of carbonyl (C=O) groups is 1. The van der Waals surface area contributed by atoms with Crippen molar-refractivity contribution >= 4 is 34.6 Å². The molecular weight excluding hydrogens is 508 g/mol. The van der Waals surface area contributed by atoms with Crippen LogP contribution in [0.2, 0.25) is 0 Å². The number of morpholine rings is 1. The first-order chi connectivity index (χ1) is 19.6. The molecule has 40 heavy (non-hydrogen) atoms. The number of amides is 1. The van der Waals surface area contributed by atoms with E-state index in [-0.39, 0.29) is 6.09 Å². The predicted molar refractivity (Wildman–Crippen MR) is 150 cm³/mol.